The number of nitrogens with one attached hydrogen (secondary N) is 2. The van der Waals surface area contributed by atoms with Crippen molar-refractivity contribution in [3.63, 3.8) is 0 Å². The maximum atomic E-state index is 5.03. The molecule has 0 radical (unpaired) electrons. The quantitative estimate of drug-likeness (QED) is 0.825. The topological polar surface area (TPSA) is 46.7 Å². The average molecular weight is 383 g/mol. The maximum absolute atomic E-state index is 5.03. The van der Waals surface area contributed by atoms with Crippen LogP contribution in [-0.2, 0) is 0 Å². The third-order valence-corrected chi connectivity index (χ3v) is 6.33. The summed E-state index contributed by atoms with van der Waals surface area (Å²) in [7, 11) is 0. The predicted molar refractivity (Wildman–Crippen MR) is 118 cm³/mol. The van der Waals surface area contributed by atoms with Crippen LogP contribution in [0.3, 0.4) is 0 Å². The van der Waals surface area contributed by atoms with Crippen LogP contribution in [0.5, 0.6) is 0 Å². The standard InChI is InChI=1S/C24H25N5/c1-2-18(3-1)23-15-22(19-5-4-17-8-9-26-21(17)14-19)27-24-7-6-20(16-29(23)24)28-12-10-25-11-13-28/h4-9,14-16,25-26H,1-3,10-13H2. The molecule has 0 unspecified atom stereocenters. The monoisotopic (exact) mass is 383 g/mol. The van der Waals surface area contributed by atoms with E-state index in [0.717, 1.165) is 48.8 Å². The Balaban J connectivity index is 1.40. The molecule has 1 aromatic carbocycles. The minimum atomic E-state index is 1.02. The van der Waals surface area contributed by atoms with Gasteiger partial charge in [0.1, 0.15) is 5.84 Å². The second-order valence-corrected chi connectivity index (χ2v) is 8.12. The smallest absolute Gasteiger partial charge is 0.137 e. The fourth-order valence-corrected chi connectivity index (χ4v) is 4.47. The van der Waals surface area contributed by atoms with Crippen molar-refractivity contribution in [2.24, 2.45) is 4.99 Å². The third-order valence-electron chi connectivity index (χ3n) is 6.33. The number of hydrogen-bond acceptors (Lipinski definition) is 4. The van der Waals surface area contributed by atoms with Crippen LogP contribution in [0.4, 0.5) is 0 Å². The summed E-state index contributed by atoms with van der Waals surface area (Å²) in [6.45, 7) is 4.20. The van der Waals surface area contributed by atoms with Gasteiger partial charge in [-0.15, -0.1) is 0 Å². The zero-order chi connectivity index (χ0) is 19.2. The minimum Gasteiger partial charge on any atom is -0.368 e. The first-order valence-corrected chi connectivity index (χ1v) is 10.6. The van der Waals surface area contributed by atoms with Crippen molar-refractivity contribution in [3.05, 3.63) is 77.4 Å². The summed E-state index contributed by atoms with van der Waals surface area (Å²) < 4.78 is 0. The molecule has 6 rings (SSSR count). The lowest BCUT2D eigenvalue weighted by Crippen LogP contribution is -2.44. The summed E-state index contributed by atoms with van der Waals surface area (Å²) in [4.78, 5) is 13.1. The number of rotatable bonds is 2. The molecule has 1 aliphatic carbocycles. The molecule has 3 aliphatic heterocycles. The Morgan fingerprint density at radius 3 is 2.72 bits per heavy atom. The number of allylic oxidation sites excluding steroid dienone is 3. The van der Waals surface area contributed by atoms with Gasteiger partial charge in [0.15, 0.2) is 0 Å². The molecular formula is C24H25N5. The number of benzene rings is 1. The lowest BCUT2D eigenvalue weighted by atomic mass is 9.88. The van der Waals surface area contributed by atoms with Crippen LogP contribution in [0.25, 0.3) is 16.6 Å². The van der Waals surface area contributed by atoms with E-state index in [1.165, 1.54) is 36.0 Å². The molecule has 0 amide bonds. The van der Waals surface area contributed by atoms with Gasteiger partial charge in [-0.05, 0) is 60.6 Å². The second-order valence-electron chi connectivity index (χ2n) is 8.12. The Bertz CT molecular complexity index is 1120. The van der Waals surface area contributed by atoms with Gasteiger partial charge in [0.2, 0.25) is 0 Å². The lowest BCUT2D eigenvalue weighted by molar-refractivity contribution is 0.303. The number of aliphatic imine (C=N–C) groups is 1. The van der Waals surface area contributed by atoms with Crippen LogP contribution in [-0.4, -0.2) is 46.8 Å². The maximum Gasteiger partial charge on any atom is 0.137 e. The third kappa shape index (κ3) is 2.93. The van der Waals surface area contributed by atoms with Crippen LogP contribution >= 0.6 is 0 Å². The summed E-state index contributed by atoms with van der Waals surface area (Å²) in [5.74, 6) is 1.02. The number of piperazine rings is 1. The molecule has 2 N–H and O–H groups in total. The molecule has 1 saturated carbocycles. The highest BCUT2D eigenvalue weighted by molar-refractivity contribution is 6.02. The van der Waals surface area contributed by atoms with Crippen molar-refractivity contribution in [1.82, 2.24) is 20.1 Å². The number of amidine groups is 1. The van der Waals surface area contributed by atoms with E-state index in [0.29, 0.717) is 0 Å². The Hall–Kier alpha value is -3.05. The highest BCUT2D eigenvalue weighted by Crippen LogP contribution is 2.37. The fourth-order valence-electron chi connectivity index (χ4n) is 4.47. The Morgan fingerprint density at radius 1 is 1.00 bits per heavy atom. The normalized spacial score (nSPS) is 21.6. The second kappa shape index (κ2) is 6.78. The summed E-state index contributed by atoms with van der Waals surface area (Å²) in [5.41, 5.74) is 7.51. The summed E-state index contributed by atoms with van der Waals surface area (Å²) in [6, 6.07) is 8.66. The first kappa shape index (κ1) is 16.9. The number of aromatic amines is 1. The zero-order valence-corrected chi connectivity index (χ0v) is 16.5. The first-order valence-electron chi connectivity index (χ1n) is 10.6. The van der Waals surface area contributed by atoms with Crippen molar-refractivity contribution in [2.75, 3.05) is 26.2 Å². The molecule has 29 heavy (non-hydrogen) atoms. The van der Waals surface area contributed by atoms with Gasteiger partial charge in [-0.3, -0.25) is 4.90 Å². The highest BCUT2D eigenvalue weighted by atomic mass is 15.3. The Morgan fingerprint density at radius 2 is 1.90 bits per heavy atom. The van der Waals surface area contributed by atoms with Crippen molar-refractivity contribution < 1.29 is 0 Å². The first-order chi connectivity index (χ1) is 14.3. The molecular weight excluding hydrogens is 358 g/mol. The van der Waals surface area contributed by atoms with Crippen molar-refractivity contribution in [2.45, 2.75) is 19.3 Å². The summed E-state index contributed by atoms with van der Waals surface area (Å²) in [6.07, 6.45) is 14.6. The van der Waals surface area contributed by atoms with Gasteiger partial charge >= 0.3 is 0 Å². The average Bonchev–Trinajstić information content (AvgIpc) is 3.20. The van der Waals surface area contributed by atoms with E-state index in [9.17, 15) is 0 Å². The largest absolute Gasteiger partial charge is 0.368 e. The van der Waals surface area contributed by atoms with E-state index in [-0.39, 0.29) is 0 Å². The summed E-state index contributed by atoms with van der Waals surface area (Å²) in [5, 5.41) is 4.67. The van der Waals surface area contributed by atoms with Gasteiger partial charge in [0.25, 0.3) is 0 Å². The van der Waals surface area contributed by atoms with E-state index in [2.05, 4.69) is 68.8 Å². The number of nitrogens with zero attached hydrogens (tertiary/aromatic N) is 3. The van der Waals surface area contributed by atoms with Crippen LogP contribution < -0.4 is 5.32 Å². The van der Waals surface area contributed by atoms with Crippen LogP contribution in [0.2, 0.25) is 0 Å². The molecule has 5 nitrogen and oxygen atoms in total. The molecule has 0 bridgehead atoms. The molecule has 0 atom stereocenters. The van der Waals surface area contributed by atoms with Gasteiger partial charge < -0.3 is 15.2 Å². The van der Waals surface area contributed by atoms with Gasteiger partial charge in [0, 0.05) is 55.4 Å². The molecule has 0 spiro atoms. The SMILES string of the molecule is C1=CC2=NC(c3ccc4cc[nH]c4c3)=CC(=C3CCC3)N2C=C1N1CCNCC1. The van der Waals surface area contributed by atoms with Crippen molar-refractivity contribution in [3.8, 4) is 0 Å². The number of hydrogen-bond donors (Lipinski definition) is 2. The highest BCUT2D eigenvalue weighted by Gasteiger charge is 2.27. The Kier molecular flexibility index (Phi) is 3.94. The predicted octanol–water partition coefficient (Wildman–Crippen LogP) is 3.98. The van der Waals surface area contributed by atoms with E-state index in [4.69, 9.17) is 4.99 Å². The van der Waals surface area contributed by atoms with E-state index < -0.39 is 0 Å². The van der Waals surface area contributed by atoms with Gasteiger partial charge in [-0.25, -0.2) is 4.99 Å². The minimum absolute atomic E-state index is 1.02. The fraction of sp³-hybridized carbons (Fsp3) is 0.292. The van der Waals surface area contributed by atoms with E-state index >= 15 is 0 Å². The van der Waals surface area contributed by atoms with Crippen molar-refractivity contribution >= 4 is 22.4 Å². The molecule has 2 fully saturated rings. The molecule has 4 heterocycles. The lowest BCUT2D eigenvalue weighted by Gasteiger charge is -2.37. The van der Waals surface area contributed by atoms with Gasteiger partial charge in [-0.1, -0.05) is 12.1 Å². The molecule has 2 aromatic rings. The van der Waals surface area contributed by atoms with Crippen LogP contribution in [0, 0.1) is 0 Å². The van der Waals surface area contributed by atoms with Gasteiger partial charge in [0.05, 0.1) is 11.4 Å². The molecule has 1 saturated heterocycles. The molecule has 146 valence electrons. The number of H-pyrrole nitrogens is 1. The van der Waals surface area contributed by atoms with E-state index in [1.807, 2.05) is 6.20 Å². The van der Waals surface area contributed by atoms with Gasteiger partial charge in [-0.2, -0.15) is 0 Å². The van der Waals surface area contributed by atoms with Crippen LogP contribution in [0.15, 0.2) is 76.8 Å². The zero-order valence-electron chi connectivity index (χ0n) is 16.5. The van der Waals surface area contributed by atoms with E-state index in [1.54, 1.807) is 5.57 Å². The number of aromatic nitrogens is 1. The van der Waals surface area contributed by atoms with Crippen molar-refractivity contribution in [1.29, 1.82) is 0 Å². The van der Waals surface area contributed by atoms with Crippen LogP contribution in [0.1, 0.15) is 24.8 Å². The Labute approximate surface area is 170 Å². The number of fused-ring (bicyclic) bond motifs is 2. The molecule has 4 aliphatic rings. The molecule has 5 heteroatoms. The summed E-state index contributed by atoms with van der Waals surface area (Å²) >= 11 is 0. The molecule has 1 aromatic heterocycles.